The summed E-state index contributed by atoms with van der Waals surface area (Å²) in [7, 11) is -2.34. The van der Waals surface area contributed by atoms with Crippen molar-refractivity contribution in [2.24, 2.45) is 0 Å². The molecule has 0 unspecified atom stereocenters. The largest absolute Gasteiger partial charge is 1.00 e. The van der Waals surface area contributed by atoms with Gasteiger partial charge in [0.25, 0.3) is 11.8 Å². The molecule has 1 heterocycles. The highest BCUT2D eigenvalue weighted by molar-refractivity contribution is 7.95. The third-order valence-corrected chi connectivity index (χ3v) is 11.5. The highest BCUT2D eigenvalue weighted by atomic mass is 79.9. The maximum atomic E-state index is 13.1. The normalized spacial score (nSPS) is 12.6. The Morgan fingerprint density at radius 3 is 1.22 bits per heavy atom. The van der Waals surface area contributed by atoms with E-state index in [1.165, 1.54) is 4.90 Å². The van der Waals surface area contributed by atoms with Crippen LogP contribution in [0.25, 0.3) is 0 Å². The molecule has 4 nitrogen and oxygen atoms in total. The number of nitrogens with zero attached hydrogens (tertiary/aromatic N) is 1. The average Bonchev–Trinajstić information content (AvgIpc) is 3.12. The van der Waals surface area contributed by atoms with Gasteiger partial charge < -0.3 is 22.5 Å². The van der Waals surface area contributed by atoms with E-state index in [1.807, 2.05) is 72.8 Å². The van der Waals surface area contributed by atoms with Gasteiger partial charge in [0.15, 0.2) is 0 Å². The van der Waals surface area contributed by atoms with Crippen LogP contribution in [0.15, 0.2) is 97.1 Å². The summed E-state index contributed by atoms with van der Waals surface area (Å²) >= 11 is 18.7. The van der Waals surface area contributed by atoms with Crippen molar-refractivity contribution < 1.29 is 32.0 Å². The molecule has 4 aromatic carbocycles. The van der Waals surface area contributed by atoms with Crippen LogP contribution < -0.4 is 32.9 Å². The molecular formula is C28H22BrCl3NO3P. The molecule has 0 bridgehead atoms. The molecule has 2 amide bonds. The SMILES string of the molecule is O.O=C1c2ccccc2C(=O)N1CC[P+](c1ccc(Cl)cc1)(c1ccc(Cl)cc1)c1ccc(Cl)cc1.[Br-]. The number of rotatable bonds is 6. The number of halogens is 4. The van der Waals surface area contributed by atoms with Gasteiger partial charge in [-0.3, -0.25) is 14.5 Å². The van der Waals surface area contributed by atoms with E-state index in [9.17, 15) is 9.59 Å². The summed E-state index contributed by atoms with van der Waals surface area (Å²) in [5.41, 5.74) is 0.900. The van der Waals surface area contributed by atoms with Crippen LogP contribution in [0.5, 0.6) is 0 Å². The number of benzene rings is 4. The Balaban J connectivity index is 0.00000190. The predicted molar refractivity (Wildman–Crippen MR) is 150 cm³/mol. The first kappa shape index (κ1) is 29.3. The Bertz CT molecular complexity index is 1270. The lowest BCUT2D eigenvalue weighted by atomic mass is 10.1. The molecular weight excluding hydrogens is 616 g/mol. The second-order valence-electron chi connectivity index (χ2n) is 8.27. The second kappa shape index (κ2) is 12.1. The third-order valence-electron chi connectivity index (χ3n) is 6.34. The molecule has 0 spiro atoms. The molecule has 0 radical (unpaired) electrons. The zero-order valence-corrected chi connectivity index (χ0v) is 24.1. The second-order valence-corrected chi connectivity index (χ2v) is 13.2. The highest BCUT2D eigenvalue weighted by Crippen LogP contribution is 2.55. The number of imide groups is 1. The van der Waals surface area contributed by atoms with Crippen molar-refractivity contribution in [2.75, 3.05) is 12.7 Å². The van der Waals surface area contributed by atoms with Gasteiger partial charge in [0.05, 0.1) is 23.8 Å². The van der Waals surface area contributed by atoms with E-state index in [1.54, 1.807) is 24.3 Å². The van der Waals surface area contributed by atoms with Gasteiger partial charge in [-0.15, -0.1) is 0 Å². The Kier molecular flexibility index (Phi) is 9.57. The molecule has 1 aliphatic rings. The van der Waals surface area contributed by atoms with Crippen LogP contribution in [0.2, 0.25) is 15.1 Å². The fourth-order valence-corrected chi connectivity index (χ4v) is 9.13. The van der Waals surface area contributed by atoms with Gasteiger partial charge in [-0.25, -0.2) is 0 Å². The molecule has 1 aliphatic heterocycles. The minimum atomic E-state index is -2.34. The van der Waals surface area contributed by atoms with E-state index in [4.69, 9.17) is 34.8 Å². The molecule has 0 saturated heterocycles. The average molecular weight is 638 g/mol. The molecule has 4 aromatic rings. The number of hydrogen-bond acceptors (Lipinski definition) is 2. The number of fused-ring (bicyclic) bond motifs is 1. The first-order chi connectivity index (χ1) is 16.9. The quantitative estimate of drug-likeness (QED) is 0.241. The number of carbonyl (C=O) groups is 2. The van der Waals surface area contributed by atoms with E-state index >= 15 is 0 Å². The number of carbonyl (C=O) groups excluding carboxylic acids is 2. The molecule has 0 aromatic heterocycles. The first-order valence-corrected chi connectivity index (χ1v) is 14.1. The first-order valence-electron chi connectivity index (χ1n) is 11.0. The molecule has 0 fully saturated rings. The van der Waals surface area contributed by atoms with Gasteiger partial charge in [-0.2, -0.15) is 0 Å². The minimum absolute atomic E-state index is 0. The minimum Gasteiger partial charge on any atom is -1.00 e. The summed E-state index contributed by atoms with van der Waals surface area (Å²) in [5, 5.41) is 5.17. The molecule has 9 heteroatoms. The molecule has 0 aliphatic carbocycles. The fourth-order valence-electron chi connectivity index (χ4n) is 4.61. The Labute approximate surface area is 241 Å². The van der Waals surface area contributed by atoms with Gasteiger partial charge in [-0.05, 0) is 84.9 Å². The van der Waals surface area contributed by atoms with Crippen LogP contribution >= 0.6 is 42.1 Å². The van der Waals surface area contributed by atoms with Crippen LogP contribution in [-0.2, 0) is 0 Å². The lowest BCUT2D eigenvalue weighted by Gasteiger charge is -2.29. The topological polar surface area (TPSA) is 68.9 Å². The summed E-state index contributed by atoms with van der Waals surface area (Å²) in [6.07, 6.45) is 0.559. The van der Waals surface area contributed by atoms with Crippen molar-refractivity contribution >= 4 is 69.8 Å². The van der Waals surface area contributed by atoms with Crippen molar-refractivity contribution in [1.29, 1.82) is 0 Å². The summed E-state index contributed by atoms with van der Waals surface area (Å²) in [6, 6.07) is 30.4. The molecule has 190 valence electrons. The van der Waals surface area contributed by atoms with Crippen molar-refractivity contribution in [1.82, 2.24) is 4.90 Å². The third kappa shape index (κ3) is 5.49. The van der Waals surface area contributed by atoms with Crippen LogP contribution in [0.3, 0.4) is 0 Å². The van der Waals surface area contributed by atoms with Gasteiger partial charge in [0.1, 0.15) is 23.2 Å². The standard InChI is InChI=1S/C28H20Cl3NO2P.BrH.H2O/c29-19-5-11-22(12-6-19)35(23-13-7-20(30)8-14-23,24-15-9-21(31)10-16-24)18-17-32-27(33)25-3-1-2-4-26(25)28(32)34;;/h1-16H,17-18H2;1H;1H2/q+1;;/p-1. The van der Waals surface area contributed by atoms with E-state index in [-0.39, 0.29) is 40.8 Å². The summed E-state index contributed by atoms with van der Waals surface area (Å²) in [5.74, 6) is -0.515. The van der Waals surface area contributed by atoms with Crippen LogP contribution in [0, 0.1) is 0 Å². The smallest absolute Gasteiger partial charge is 0.261 e. The molecule has 0 saturated carbocycles. The van der Waals surface area contributed by atoms with Gasteiger partial charge in [0.2, 0.25) is 0 Å². The Morgan fingerprint density at radius 2 is 0.892 bits per heavy atom. The van der Waals surface area contributed by atoms with Gasteiger partial charge in [-0.1, -0.05) is 46.9 Å². The van der Waals surface area contributed by atoms with E-state index in [0.29, 0.717) is 32.4 Å². The van der Waals surface area contributed by atoms with Crippen molar-refractivity contribution in [3.8, 4) is 0 Å². The molecule has 5 rings (SSSR count). The van der Waals surface area contributed by atoms with E-state index in [2.05, 4.69) is 0 Å². The Hall–Kier alpha value is -2.24. The van der Waals surface area contributed by atoms with Crippen LogP contribution in [0.4, 0.5) is 0 Å². The number of hydrogen-bond donors (Lipinski definition) is 0. The monoisotopic (exact) mass is 635 g/mol. The maximum Gasteiger partial charge on any atom is 0.261 e. The summed E-state index contributed by atoms with van der Waals surface area (Å²) < 4.78 is 0. The number of amides is 2. The van der Waals surface area contributed by atoms with Crippen molar-refractivity contribution in [3.63, 3.8) is 0 Å². The molecule has 2 N–H and O–H groups in total. The molecule has 0 atom stereocenters. The van der Waals surface area contributed by atoms with Crippen LogP contribution in [0.1, 0.15) is 20.7 Å². The van der Waals surface area contributed by atoms with Crippen molar-refractivity contribution in [3.05, 3.63) is 123 Å². The summed E-state index contributed by atoms with van der Waals surface area (Å²) in [6.45, 7) is 0.272. The lowest BCUT2D eigenvalue weighted by molar-refractivity contribution is -0.0000308. The van der Waals surface area contributed by atoms with Gasteiger partial charge in [0, 0.05) is 15.1 Å². The van der Waals surface area contributed by atoms with Crippen molar-refractivity contribution in [2.45, 2.75) is 0 Å². The highest BCUT2D eigenvalue weighted by Gasteiger charge is 2.47. The molecule has 37 heavy (non-hydrogen) atoms. The zero-order chi connectivity index (χ0) is 24.6. The predicted octanol–water partition coefficient (Wildman–Crippen LogP) is 2.42. The van der Waals surface area contributed by atoms with E-state index in [0.717, 1.165) is 15.9 Å². The zero-order valence-electron chi connectivity index (χ0n) is 19.4. The van der Waals surface area contributed by atoms with Crippen LogP contribution in [-0.4, -0.2) is 34.9 Å². The van der Waals surface area contributed by atoms with Gasteiger partial charge >= 0.3 is 0 Å². The Morgan fingerprint density at radius 1 is 0.568 bits per heavy atom. The fraction of sp³-hybridized carbons (Fsp3) is 0.0714. The maximum absolute atomic E-state index is 13.1. The summed E-state index contributed by atoms with van der Waals surface area (Å²) in [4.78, 5) is 27.6. The van der Waals surface area contributed by atoms with E-state index < -0.39 is 7.26 Å². The lowest BCUT2D eigenvalue weighted by Crippen LogP contribution is -3.00.